The highest BCUT2D eigenvalue weighted by Crippen LogP contribution is 2.33. The van der Waals surface area contributed by atoms with E-state index in [1.165, 1.54) is 11.1 Å². The molecule has 19 heavy (non-hydrogen) atoms. The van der Waals surface area contributed by atoms with E-state index in [1.807, 2.05) is 18.0 Å². The van der Waals surface area contributed by atoms with E-state index in [2.05, 4.69) is 17.4 Å². The topological polar surface area (TPSA) is 32.3 Å². The molecule has 3 nitrogen and oxygen atoms in total. The molecule has 1 fully saturated rings. The SMILES string of the molecule is CN1CC(NC2CCc3cc(Cl)ccc32)CCC1=O. The van der Waals surface area contributed by atoms with E-state index in [4.69, 9.17) is 11.6 Å². The first-order valence-corrected chi connectivity index (χ1v) is 7.29. The molecular weight excluding hydrogens is 260 g/mol. The lowest BCUT2D eigenvalue weighted by Gasteiger charge is -2.32. The monoisotopic (exact) mass is 278 g/mol. The molecule has 2 aliphatic rings. The average Bonchev–Trinajstić information content (AvgIpc) is 2.76. The van der Waals surface area contributed by atoms with Crippen LogP contribution < -0.4 is 5.32 Å². The summed E-state index contributed by atoms with van der Waals surface area (Å²) in [7, 11) is 1.89. The zero-order valence-corrected chi connectivity index (χ0v) is 11.9. The number of nitrogens with one attached hydrogen (secondary N) is 1. The number of halogens is 1. The van der Waals surface area contributed by atoms with E-state index >= 15 is 0 Å². The standard InChI is InChI=1S/C15H19ClN2O/c1-18-9-12(4-7-15(18)19)17-14-6-2-10-8-11(16)3-5-13(10)14/h3,5,8,12,14,17H,2,4,6-7,9H2,1H3. The number of hydrogen-bond acceptors (Lipinski definition) is 2. The molecule has 2 unspecified atom stereocenters. The molecular formula is C15H19ClN2O. The van der Waals surface area contributed by atoms with Crippen LogP contribution in [0.15, 0.2) is 18.2 Å². The average molecular weight is 279 g/mol. The maximum atomic E-state index is 11.5. The predicted octanol–water partition coefficient (Wildman–Crippen LogP) is 2.54. The number of carbonyl (C=O) groups is 1. The van der Waals surface area contributed by atoms with Crippen molar-refractivity contribution < 1.29 is 4.79 Å². The van der Waals surface area contributed by atoms with Crippen LogP contribution in [0.1, 0.15) is 36.4 Å². The van der Waals surface area contributed by atoms with Gasteiger partial charge in [-0.3, -0.25) is 4.79 Å². The highest BCUT2D eigenvalue weighted by atomic mass is 35.5. The molecule has 3 rings (SSSR count). The second-order valence-corrected chi connectivity index (χ2v) is 6.05. The summed E-state index contributed by atoms with van der Waals surface area (Å²) in [4.78, 5) is 13.3. The summed E-state index contributed by atoms with van der Waals surface area (Å²) in [5.74, 6) is 0.261. The molecule has 2 atom stereocenters. The molecule has 0 aromatic heterocycles. The predicted molar refractivity (Wildman–Crippen MR) is 76.3 cm³/mol. The van der Waals surface area contributed by atoms with Gasteiger partial charge in [0.25, 0.3) is 0 Å². The number of benzene rings is 1. The lowest BCUT2D eigenvalue weighted by Crippen LogP contribution is -2.47. The summed E-state index contributed by atoms with van der Waals surface area (Å²) in [6, 6.07) is 7.01. The van der Waals surface area contributed by atoms with Crippen LogP contribution in [-0.2, 0) is 11.2 Å². The Bertz CT molecular complexity index is 503. The number of hydrogen-bond donors (Lipinski definition) is 1. The Morgan fingerprint density at radius 1 is 1.32 bits per heavy atom. The van der Waals surface area contributed by atoms with Crippen LogP contribution in [0.25, 0.3) is 0 Å². The third-order valence-electron chi connectivity index (χ3n) is 4.25. The molecule has 4 heteroatoms. The van der Waals surface area contributed by atoms with Crippen molar-refractivity contribution in [1.82, 2.24) is 10.2 Å². The first-order chi connectivity index (χ1) is 9.13. The molecule has 1 aromatic carbocycles. The number of rotatable bonds is 2. The molecule has 0 radical (unpaired) electrons. The van der Waals surface area contributed by atoms with Gasteiger partial charge in [-0.05, 0) is 42.5 Å². The van der Waals surface area contributed by atoms with E-state index in [-0.39, 0.29) is 5.91 Å². The number of aryl methyl sites for hydroxylation is 1. The Kier molecular flexibility index (Phi) is 3.50. The van der Waals surface area contributed by atoms with Gasteiger partial charge in [0.2, 0.25) is 5.91 Å². The minimum atomic E-state index is 0.261. The minimum Gasteiger partial charge on any atom is -0.344 e. The maximum Gasteiger partial charge on any atom is 0.222 e. The van der Waals surface area contributed by atoms with Gasteiger partial charge in [-0.1, -0.05) is 17.7 Å². The Hall–Kier alpha value is -1.06. The highest BCUT2D eigenvalue weighted by molar-refractivity contribution is 6.30. The fraction of sp³-hybridized carbons (Fsp3) is 0.533. The van der Waals surface area contributed by atoms with Crippen LogP contribution >= 0.6 is 11.6 Å². The van der Waals surface area contributed by atoms with E-state index < -0.39 is 0 Å². The van der Waals surface area contributed by atoms with Crippen molar-refractivity contribution in [1.29, 1.82) is 0 Å². The molecule has 1 saturated heterocycles. The fourth-order valence-corrected chi connectivity index (χ4v) is 3.39. The quantitative estimate of drug-likeness (QED) is 0.902. The number of fused-ring (bicyclic) bond motifs is 1. The van der Waals surface area contributed by atoms with Crippen molar-refractivity contribution in [3.8, 4) is 0 Å². The van der Waals surface area contributed by atoms with Crippen LogP contribution in [0.5, 0.6) is 0 Å². The van der Waals surface area contributed by atoms with Crippen molar-refractivity contribution in [2.24, 2.45) is 0 Å². The number of likely N-dealkylation sites (N-methyl/N-ethyl adjacent to an activating group) is 1. The van der Waals surface area contributed by atoms with E-state index in [0.29, 0.717) is 18.5 Å². The minimum absolute atomic E-state index is 0.261. The number of piperidine rings is 1. The zero-order valence-electron chi connectivity index (χ0n) is 11.2. The van der Waals surface area contributed by atoms with Gasteiger partial charge in [-0.25, -0.2) is 0 Å². The van der Waals surface area contributed by atoms with Crippen LogP contribution in [0.3, 0.4) is 0 Å². The summed E-state index contributed by atoms with van der Waals surface area (Å²) >= 11 is 6.03. The van der Waals surface area contributed by atoms with Crippen LogP contribution in [0.2, 0.25) is 5.02 Å². The summed E-state index contributed by atoms with van der Waals surface area (Å²) < 4.78 is 0. The van der Waals surface area contributed by atoms with E-state index in [0.717, 1.165) is 30.8 Å². The molecule has 1 aliphatic carbocycles. The Morgan fingerprint density at radius 3 is 2.95 bits per heavy atom. The van der Waals surface area contributed by atoms with Crippen LogP contribution in [-0.4, -0.2) is 30.4 Å². The van der Waals surface area contributed by atoms with Crippen molar-refractivity contribution in [3.63, 3.8) is 0 Å². The number of carbonyl (C=O) groups excluding carboxylic acids is 1. The van der Waals surface area contributed by atoms with E-state index in [1.54, 1.807) is 0 Å². The van der Waals surface area contributed by atoms with Crippen molar-refractivity contribution in [3.05, 3.63) is 34.3 Å². The lowest BCUT2D eigenvalue weighted by molar-refractivity contribution is -0.132. The number of amides is 1. The Balaban J connectivity index is 1.68. The van der Waals surface area contributed by atoms with Crippen molar-refractivity contribution in [2.75, 3.05) is 13.6 Å². The summed E-state index contributed by atoms with van der Waals surface area (Å²) in [5, 5.41) is 4.53. The third-order valence-corrected chi connectivity index (χ3v) is 4.48. The van der Waals surface area contributed by atoms with Gasteiger partial charge < -0.3 is 10.2 Å². The Labute approximate surface area is 118 Å². The normalized spacial score (nSPS) is 26.6. The van der Waals surface area contributed by atoms with Gasteiger partial charge >= 0.3 is 0 Å². The first kappa shape index (κ1) is 12.9. The summed E-state index contributed by atoms with van der Waals surface area (Å²) in [5.41, 5.74) is 2.74. The van der Waals surface area contributed by atoms with Crippen molar-refractivity contribution in [2.45, 2.75) is 37.8 Å². The largest absolute Gasteiger partial charge is 0.344 e. The number of likely N-dealkylation sites (tertiary alicyclic amines) is 1. The molecule has 0 bridgehead atoms. The molecule has 1 amide bonds. The van der Waals surface area contributed by atoms with Gasteiger partial charge in [-0.2, -0.15) is 0 Å². The zero-order chi connectivity index (χ0) is 13.4. The lowest BCUT2D eigenvalue weighted by atomic mass is 10.0. The van der Waals surface area contributed by atoms with Crippen LogP contribution in [0.4, 0.5) is 0 Å². The van der Waals surface area contributed by atoms with Crippen molar-refractivity contribution >= 4 is 17.5 Å². The van der Waals surface area contributed by atoms with Gasteiger partial charge in [0.05, 0.1) is 0 Å². The number of nitrogens with zero attached hydrogens (tertiary/aromatic N) is 1. The van der Waals surface area contributed by atoms with Gasteiger partial charge in [-0.15, -0.1) is 0 Å². The fourth-order valence-electron chi connectivity index (χ4n) is 3.19. The second-order valence-electron chi connectivity index (χ2n) is 5.61. The second kappa shape index (κ2) is 5.14. The van der Waals surface area contributed by atoms with E-state index in [9.17, 15) is 4.79 Å². The molecule has 1 heterocycles. The third kappa shape index (κ3) is 2.63. The molecule has 1 aromatic rings. The first-order valence-electron chi connectivity index (χ1n) is 6.92. The summed E-state index contributed by atoms with van der Waals surface area (Å²) in [6.07, 6.45) is 3.83. The summed E-state index contributed by atoms with van der Waals surface area (Å²) in [6.45, 7) is 0.818. The molecule has 1 aliphatic heterocycles. The van der Waals surface area contributed by atoms with Gasteiger partial charge in [0.1, 0.15) is 0 Å². The molecule has 0 saturated carbocycles. The highest BCUT2D eigenvalue weighted by Gasteiger charge is 2.28. The molecule has 102 valence electrons. The smallest absolute Gasteiger partial charge is 0.222 e. The van der Waals surface area contributed by atoms with Gasteiger partial charge in [0, 0.05) is 37.1 Å². The Morgan fingerprint density at radius 2 is 2.16 bits per heavy atom. The molecule has 0 spiro atoms. The van der Waals surface area contributed by atoms with Crippen LogP contribution in [0, 0.1) is 0 Å². The maximum absolute atomic E-state index is 11.5. The van der Waals surface area contributed by atoms with Gasteiger partial charge in [0.15, 0.2) is 0 Å². The molecule has 1 N–H and O–H groups in total.